The van der Waals surface area contributed by atoms with Crippen LogP contribution in [0.1, 0.15) is 37.5 Å². The van der Waals surface area contributed by atoms with Crippen LogP contribution in [0.3, 0.4) is 0 Å². The first-order valence-corrected chi connectivity index (χ1v) is 6.12. The Morgan fingerprint density at radius 3 is 2.30 bits per heavy atom. The fourth-order valence-corrected chi connectivity index (χ4v) is 1.64. The van der Waals surface area contributed by atoms with Crippen molar-refractivity contribution in [1.82, 2.24) is 5.32 Å². The molecule has 0 aliphatic heterocycles. The van der Waals surface area contributed by atoms with Crippen molar-refractivity contribution in [2.75, 3.05) is 0 Å². The molecule has 0 aliphatic carbocycles. The number of ether oxygens (including phenoxy) is 1. The Bertz CT molecular complexity index is 490. The number of rotatable bonds is 2. The van der Waals surface area contributed by atoms with Crippen molar-refractivity contribution < 1.29 is 22.7 Å². The van der Waals surface area contributed by atoms with Crippen LogP contribution >= 0.6 is 0 Å². The lowest BCUT2D eigenvalue weighted by Gasteiger charge is -2.19. The Labute approximate surface area is 116 Å². The first kappa shape index (κ1) is 16.3. The van der Waals surface area contributed by atoms with Gasteiger partial charge in [-0.2, -0.15) is 13.2 Å². The highest BCUT2D eigenvalue weighted by Gasteiger charge is 2.32. The molecule has 1 rings (SSSR count). The Hall–Kier alpha value is -1.72. The summed E-state index contributed by atoms with van der Waals surface area (Å²) < 4.78 is 42.8. The van der Waals surface area contributed by atoms with E-state index in [1.807, 2.05) is 0 Å². The average Bonchev–Trinajstić information content (AvgIpc) is 2.22. The van der Waals surface area contributed by atoms with E-state index in [9.17, 15) is 18.0 Å². The topological polar surface area (TPSA) is 38.3 Å². The minimum absolute atomic E-state index is 0.119. The van der Waals surface area contributed by atoms with Crippen LogP contribution in [0.2, 0.25) is 0 Å². The van der Waals surface area contributed by atoms with E-state index in [2.05, 4.69) is 5.32 Å². The quantitative estimate of drug-likeness (QED) is 0.892. The number of alkyl carbamates (subject to hydrolysis) is 1. The van der Waals surface area contributed by atoms with Gasteiger partial charge in [0, 0.05) is 6.54 Å². The molecule has 0 fully saturated rings. The van der Waals surface area contributed by atoms with Crippen molar-refractivity contribution in [3.05, 3.63) is 34.9 Å². The lowest BCUT2D eigenvalue weighted by molar-refractivity contribution is -0.138. The number of alkyl halides is 3. The fourth-order valence-electron chi connectivity index (χ4n) is 1.64. The van der Waals surface area contributed by atoms with Crippen LogP contribution in [0.25, 0.3) is 0 Å². The highest BCUT2D eigenvalue weighted by molar-refractivity contribution is 5.67. The third-order valence-electron chi connectivity index (χ3n) is 2.43. The van der Waals surface area contributed by atoms with E-state index < -0.39 is 23.4 Å². The number of nitrogens with one attached hydrogen (secondary N) is 1. The first-order valence-electron chi connectivity index (χ1n) is 6.12. The van der Waals surface area contributed by atoms with Crippen LogP contribution in [0.4, 0.5) is 18.0 Å². The normalized spacial score (nSPS) is 12.2. The summed E-state index contributed by atoms with van der Waals surface area (Å²) >= 11 is 0. The molecule has 1 aromatic carbocycles. The van der Waals surface area contributed by atoms with Crippen molar-refractivity contribution >= 4 is 6.09 Å². The number of halogens is 3. The van der Waals surface area contributed by atoms with Gasteiger partial charge in [0.1, 0.15) is 5.60 Å². The van der Waals surface area contributed by atoms with E-state index in [0.717, 1.165) is 6.07 Å². The van der Waals surface area contributed by atoms with E-state index in [4.69, 9.17) is 4.74 Å². The molecule has 0 saturated carbocycles. The molecular formula is C14H18F3NO2. The predicted molar refractivity (Wildman–Crippen MR) is 69.3 cm³/mol. The van der Waals surface area contributed by atoms with Crippen molar-refractivity contribution in [2.45, 2.75) is 46.0 Å². The van der Waals surface area contributed by atoms with Crippen molar-refractivity contribution in [3.63, 3.8) is 0 Å². The summed E-state index contributed by atoms with van der Waals surface area (Å²) in [5.74, 6) is 0. The molecule has 112 valence electrons. The summed E-state index contributed by atoms with van der Waals surface area (Å²) in [6, 6.07) is 3.76. The predicted octanol–water partition coefficient (Wildman–Crippen LogP) is 4.04. The van der Waals surface area contributed by atoms with E-state index in [0.29, 0.717) is 5.56 Å². The van der Waals surface area contributed by atoms with Crippen molar-refractivity contribution in [2.24, 2.45) is 0 Å². The molecule has 1 amide bonds. The van der Waals surface area contributed by atoms with E-state index in [-0.39, 0.29) is 12.1 Å². The molecule has 0 unspecified atom stereocenters. The number of aryl methyl sites for hydroxylation is 1. The number of carbonyl (C=O) groups excluding carboxylic acids is 1. The zero-order valence-electron chi connectivity index (χ0n) is 11.9. The molecule has 1 N–H and O–H groups in total. The summed E-state index contributed by atoms with van der Waals surface area (Å²) in [5, 5.41) is 2.50. The van der Waals surface area contributed by atoms with E-state index in [1.54, 1.807) is 20.8 Å². The van der Waals surface area contributed by atoms with Crippen LogP contribution in [0, 0.1) is 6.92 Å². The van der Waals surface area contributed by atoms with Gasteiger partial charge in [-0.1, -0.05) is 12.1 Å². The molecule has 0 bridgehead atoms. The third-order valence-corrected chi connectivity index (χ3v) is 2.43. The van der Waals surface area contributed by atoms with Crippen molar-refractivity contribution in [3.8, 4) is 0 Å². The van der Waals surface area contributed by atoms with Gasteiger partial charge >= 0.3 is 12.3 Å². The van der Waals surface area contributed by atoms with Crippen LogP contribution in [0.5, 0.6) is 0 Å². The molecule has 0 heterocycles. The maximum absolute atomic E-state index is 12.6. The number of amides is 1. The number of hydrogen-bond donors (Lipinski definition) is 1. The van der Waals surface area contributed by atoms with Crippen LogP contribution in [-0.4, -0.2) is 11.7 Å². The molecule has 0 aliphatic rings. The second kappa shape index (κ2) is 5.73. The summed E-state index contributed by atoms with van der Waals surface area (Å²) in [4.78, 5) is 11.4. The monoisotopic (exact) mass is 289 g/mol. The number of benzene rings is 1. The van der Waals surface area contributed by atoms with Gasteiger partial charge in [-0.3, -0.25) is 0 Å². The van der Waals surface area contributed by atoms with Gasteiger partial charge < -0.3 is 10.1 Å². The van der Waals surface area contributed by atoms with Gasteiger partial charge in [0.15, 0.2) is 0 Å². The zero-order valence-corrected chi connectivity index (χ0v) is 11.9. The Kier molecular flexibility index (Phi) is 4.68. The Morgan fingerprint density at radius 1 is 1.25 bits per heavy atom. The number of carbonyl (C=O) groups is 1. The lowest BCUT2D eigenvalue weighted by atomic mass is 10.0. The Morgan fingerprint density at radius 2 is 1.85 bits per heavy atom. The molecular weight excluding hydrogens is 271 g/mol. The molecule has 0 aromatic heterocycles. The second-order valence-corrected chi connectivity index (χ2v) is 5.50. The highest BCUT2D eigenvalue weighted by Crippen LogP contribution is 2.31. The Balaban J connectivity index is 2.67. The zero-order chi connectivity index (χ0) is 15.6. The van der Waals surface area contributed by atoms with Gasteiger partial charge in [-0.05, 0) is 44.9 Å². The smallest absolute Gasteiger partial charge is 0.416 e. The number of hydrogen-bond acceptors (Lipinski definition) is 2. The summed E-state index contributed by atoms with van der Waals surface area (Å²) in [5.41, 5.74) is -0.569. The molecule has 20 heavy (non-hydrogen) atoms. The van der Waals surface area contributed by atoms with Gasteiger partial charge in [-0.15, -0.1) is 0 Å². The van der Waals surface area contributed by atoms with Gasteiger partial charge in [0.25, 0.3) is 0 Å². The SMILES string of the molecule is Cc1cc(CNC(=O)OC(C)(C)C)ccc1C(F)(F)F. The molecule has 0 spiro atoms. The first-order chi connectivity index (χ1) is 8.99. The maximum Gasteiger partial charge on any atom is 0.416 e. The molecule has 0 saturated heterocycles. The van der Waals surface area contributed by atoms with Gasteiger partial charge in [-0.25, -0.2) is 4.79 Å². The average molecular weight is 289 g/mol. The fraction of sp³-hybridized carbons (Fsp3) is 0.500. The highest BCUT2D eigenvalue weighted by atomic mass is 19.4. The third kappa shape index (κ3) is 5.11. The van der Waals surface area contributed by atoms with Crippen LogP contribution < -0.4 is 5.32 Å². The molecule has 6 heteroatoms. The van der Waals surface area contributed by atoms with Gasteiger partial charge in [0.05, 0.1) is 5.56 Å². The second-order valence-electron chi connectivity index (χ2n) is 5.50. The van der Waals surface area contributed by atoms with Gasteiger partial charge in [0.2, 0.25) is 0 Å². The molecule has 0 atom stereocenters. The maximum atomic E-state index is 12.6. The minimum atomic E-state index is -4.36. The largest absolute Gasteiger partial charge is 0.444 e. The van der Waals surface area contributed by atoms with E-state index >= 15 is 0 Å². The summed E-state index contributed by atoms with van der Waals surface area (Å²) in [7, 11) is 0. The van der Waals surface area contributed by atoms with Crippen LogP contribution in [-0.2, 0) is 17.5 Å². The molecule has 3 nitrogen and oxygen atoms in total. The van der Waals surface area contributed by atoms with Crippen molar-refractivity contribution in [1.29, 1.82) is 0 Å². The summed E-state index contributed by atoms with van der Waals surface area (Å²) in [6.07, 6.45) is -4.96. The minimum Gasteiger partial charge on any atom is -0.444 e. The van der Waals surface area contributed by atoms with Crippen LogP contribution in [0.15, 0.2) is 18.2 Å². The molecule has 1 aromatic rings. The summed E-state index contributed by atoms with van der Waals surface area (Å²) in [6.45, 7) is 6.70. The lowest BCUT2D eigenvalue weighted by Crippen LogP contribution is -2.32. The van der Waals surface area contributed by atoms with E-state index in [1.165, 1.54) is 19.1 Å². The standard InChI is InChI=1S/C14H18F3NO2/c1-9-7-10(5-6-11(9)14(15,16)17)8-18-12(19)20-13(2,3)4/h5-7H,8H2,1-4H3,(H,18,19). The molecule has 0 radical (unpaired) electrons.